The summed E-state index contributed by atoms with van der Waals surface area (Å²) < 4.78 is 0. The van der Waals surface area contributed by atoms with Crippen LogP contribution in [-0.2, 0) is 5.41 Å². The summed E-state index contributed by atoms with van der Waals surface area (Å²) in [5.74, 6) is -0.559. The summed E-state index contributed by atoms with van der Waals surface area (Å²) in [7, 11) is 0. The van der Waals surface area contributed by atoms with Crippen molar-refractivity contribution in [2.45, 2.75) is 32.6 Å². The van der Waals surface area contributed by atoms with Gasteiger partial charge in [-0.2, -0.15) is 0 Å². The Morgan fingerprint density at radius 3 is 2.47 bits per heavy atom. The number of nitrogens with zero attached hydrogens (tertiary/aromatic N) is 1. The zero-order chi connectivity index (χ0) is 13.2. The van der Waals surface area contributed by atoms with E-state index in [2.05, 4.69) is 0 Å². The van der Waals surface area contributed by atoms with Crippen LogP contribution in [0.5, 0.6) is 0 Å². The highest BCUT2D eigenvalue weighted by Gasteiger charge is 2.25. The number of hydrogen-bond acceptors (Lipinski definition) is 3. The fourth-order valence-corrected chi connectivity index (χ4v) is 1.61. The van der Waals surface area contributed by atoms with Crippen molar-refractivity contribution in [3.8, 4) is 0 Å². The second-order valence-electron chi connectivity index (χ2n) is 4.59. The van der Waals surface area contributed by atoms with E-state index < -0.39 is 10.8 Å². The lowest BCUT2D eigenvalue weighted by Gasteiger charge is -2.25. The summed E-state index contributed by atoms with van der Waals surface area (Å²) in [5, 5.41) is 10.7. The summed E-state index contributed by atoms with van der Waals surface area (Å²) in [6, 6.07) is 4.16. The highest BCUT2D eigenvalue weighted by molar-refractivity contribution is 5.95. The molecule has 1 aromatic carbocycles. The van der Waals surface area contributed by atoms with Crippen LogP contribution in [0.3, 0.4) is 0 Å². The van der Waals surface area contributed by atoms with Gasteiger partial charge in [0.25, 0.3) is 5.69 Å². The summed E-state index contributed by atoms with van der Waals surface area (Å²) in [4.78, 5) is 21.6. The van der Waals surface area contributed by atoms with E-state index in [-0.39, 0.29) is 11.1 Å². The third-order valence-electron chi connectivity index (χ3n) is 3.09. The molecule has 1 aromatic rings. The molecule has 0 heterocycles. The molecular weight excluding hydrogens is 220 g/mol. The fraction of sp³-hybridized carbons (Fsp3) is 0.417. The van der Waals surface area contributed by atoms with Gasteiger partial charge in [-0.05, 0) is 23.5 Å². The number of nitrogens with two attached hydrogens (primary N) is 1. The first-order valence-corrected chi connectivity index (χ1v) is 5.38. The summed E-state index contributed by atoms with van der Waals surface area (Å²) in [5.41, 5.74) is 5.91. The van der Waals surface area contributed by atoms with Crippen LogP contribution in [0.2, 0.25) is 0 Å². The number of rotatable bonds is 4. The molecule has 0 spiro atoms. The van der Waals surface area contributed by atoms with Crippen molar-refractivity contribution in [2.24, 2.45) is 5.73 Å². The minimum atomic E-state index is -0.559. The molecule has 0 aliphatic carbocycles. The number of hydrogen-bond donors (Lipinski definition) is 1. The molecule has 0 bridgehead atoms. The Labute approximate surface area is 99.8 Å². The molecular formula is C12H16N2O3. The maximum atomic E-state index is 11.3. The second-order valence-corrected chi connectivity index (χ2v) is 4.59. The highest BCUT2D eigenvalue weighted by Crippen LogP contribution is 2.32. The van der Waals surface area contributed by atoms with Crippen LogP contribution in [0.25, 0.3) is 0 Å². The van der Waals surface area contributed by atoms with E-state index >= 15 is 0 Å². The maximum absolute atomic E-state index is 11.3. The van der Waals surface area contributed by atoms with Crippen LogP contribution in [0, 0.1) is 10.1 Å². The molecule has 1 rings (SSSR count). The number of amides is 1. The van der Waals surface area contributed by atoms with Crippen molar-refractivity contribution in [1.29, 1.82) is 0 Å². The predicted octanol–water partition coefficient (Wildman–Crippen LogP) is 2.38. The quantitative estimate of drug-likeness (QED) is 0.643. The molecule has 0 atom stereocenters. The van der Waals surface area contributed by atoms with E-state index in [0.717, 1.165) is 6.42 Å². The average molecular weight is 236 g/mol. The number of nitro benzene ring substituents is 1. The lowest BCUT2D eigenvalue weighted by atomic mass is 9.79. The fourth-order valence-electron chi connectivity index (χ4n) is 1.61. The van der Waals surface area contributed by atoms with E-state index in [9.17, 15) is 14.9 Å². The van der Waals surface area contributed by atoms with Gasteiger partial charge in [0.2, 0.25) is 5.91 Å². The SMILES string of the molecule is CCC(C)(C)c1cc([N+](=O)[O-])ccc1C(N)=O. The van der Waals surface area contributed by atoms with E-state index in [1.807, 2.05) is 20.8 Å². The van der Waals surface area contributed by atoms with Crippen molar-refractivity contribution in [2.75, 3.05) is 0 Å². The molecule has 2 N–H and O–H groups in total. The van der Waals surface area contributed by atoms with Gasteiger partial charge in [0, 0.05) is 17.7 Å². The molecule has 5 heteroatoms. The maximum Gasteiger partial charge on any atom is 0.269 e. The lowest BCUT2D eigenvalue weighted by Crippen LogP contribution is -2.23. The zero-order valence-electron chi connectivity index (χ0n) is 10.2. The Morgan fingerprint density at radius 1 is 1.47 bits per heavy atom. The van der Waals surface area contributed by atoms with Crippen molar-refractivity contribution >= 4 is 11.6 Å². The van der Waals surface area contributed by atoms with Gasteiger partial charge >= 0.3 is 0 Å². The first-order valence-electron chi connectivity index (χ1n) is 5.38. The molecule has 5 nitrogen and oxygen atoms in total. The number of carbonyl (C=O) groups excluding carboxylic acids is 1. The topological polar surface area (TPSA) is 86.2 Å². The smallest absolute Gasteiger partial charge is 0.269 e. The van der Waals surface area contributed by atoms with Gasteiger partial charge in [-0.1, -0.05) is 20.8 Å². The Kier molecular flexibility index (Phi) is 3.50. The van der Waals surface area contributed by atoms with Gasteiger partial charge < -0.3 is 5.73 Å². The number of nitro groups is 1. The molecule has 92 valence electrons. The third kappa shape index (κ3) is 2.61. The van der Waals surface area contributed by atoms with Crippen LogP contribution in [0.4, 0.5) is 5.69 Å². The number of benzene rings is 1. The van der Waals surface area contributed by atoms with Crippen LogP contribution < -0.4 is 5.73 Å². The summed E-state index contributed by atoms with van der Waals surface area (Å²) in [6.45, 7) is 5.82. The van der Waals surface area contributed by atoms with Gasteiger partial charge in [0.15, 0.2) is 0 Å². The minimum Gasteiger partial charge on any atom is -0.366 e. The van der Waals surface area contributed by atoms with Gasteiger partial charge in [-0.25, -0.2) is 0 Å². The van der Waals surface area contributed by atoms with Gasteiger partial charge in [0.05, 0.1) is 4.92 Å². The zero-order valence-corrected chi connectivity index (χ0v) is 10.2. The first kappa shape index (κ1) is 13.2. The van der Waals surface area contributed by atoms with Gasteiger partial charge in [-0.15, -0.1) is 0 Å². The molecule has 17 heavy (non-hydrogen) atoms. The molecule has 0 aliphatic rings. The number of carbonyl (C=O) groups is 1. The van der Waals surface area contributed by atoms with Crippen molar-refractivity contribution in [1.82, 2.24) is 0 Å². The largest absolute Gasteiger partial charge is 0.366 e. The van der Waals surface area contributed by atoms with Crippen molar-refractivity contribution in [3.63, 3.8) is 0 Å². The summed E-state index contributed by atoms with van der Waals surface area (Å²) in [6.07, 6.45) is 0.758. The van der Waals surface area contributed by atoms with E-state index in [1.54, 1.807) is 0 Å². The summed E-state index contributed by atoms with van der Waals surface area (Å²) >= 11 is 0. The Morgan fingerprint density at radius 2 is 2.06 bits per heavy atom. The highest BCUT2D eigenvalue weighted by atomic mass is 16.6. The molecule has 0 aliphatic heterocycles. The standard InChI is InChI=1S/C12H16N2O3/c1-4-12(2,3)10-7-8(14(16)17)5-6-9(10)11(13)15/h5-7H,4H2,1-3H3,(H2,13,15). The molecule has 0 fully saturated rings. The van der Waals surface area contributed by atoms with E-state index in [4.69, 9.17) is 5.73 Å². The van der Waals surface area contributed by atoms with E-state index in [1.165, 1.54) is 18.2 Å². The molecule has 0 radical (unpaired) electrons. The van der Waals surface area contributed by atoms with Gasteiger partial charge in [0.1, 0.15) is 0 Å². The Hall–Kier alpha value is -1.91. The van der Waals surface area contributed by atoms with Crippen LogP contribution in [0.15, 0.2) is 18.2 Å². The van der Waals surface area contributed by atoms with E-state index in [0.29, 0.717) is 11.1 Å². The lowest BCUT2D eigenvalue weighted by molar-refractivity contribution is -0.385. The molecule has 0 saturated carbocycles. The average Bonchev–Trinajstić information content (AvgIpc) is 2.28. The van der Waals surface area contributed by atoms with Gasteiger partial charge in [-0.3, -0.25) is 14.9 Å². The van der Waals surface area contributed by atoms with Crippen LogP contribution >= 0.6 is 0 Å². The normalized spacial score (nSPS) is 11.2. The third-order valence-corrected chi connectivity index (χ3v) is 3.09. The Bertz CT molecular complexity index is 467. The Balaban J connectivity index is 3.46. The molecule has 1 amide bonds. The van der Waals surface area contributed by atoms with Crippen molar-refractivity contribution in [3.05, 3.63) is 39.4 Å². The predicted molar refractivity (Wildman–Crippen MR) is 64.9 cm³/mol. The second kappa shape index (κ2) is 4.53. The van der Waals surface area contributed by atoms with Crippen LogP contribution in [0.1, 0.15) is 43.1 Å². The minimum absolute atomic E-state index is 0.0217. The van der Waals surface area contributed by atoms with Crippen molar-refractivity contribution < 1.29 is 9.72 Å². The molecule has 0 unspecified atom stereocenters. The first-order chi connectivity index (χ1) is 7.79. The molecule has 0 saturated heterocycles. The number of non-ortho nitro benzene ring substituents is 1. The monoisotopic (exact) mass is 236 g/mol. The van der Waals surface area contributed by atoms with Crippen LogP contribution in [-0.4, -0.2) is 10.8 Å². The number of primary amides is 1. The molecule has 0 aromatic heterocycles.